The highest BCUT2D eigenvalue weighted by molar-refractivity contribution is 5.48. The number of hydrogen-bond acceptors (Lipinski definition) is 5. The molecule has 0 aromatic carbocycles. The maximum Gasteiger partial charge on any atom is 0.133 e. The van der Waals surface area contributed by atoms with Gasteiger partial charge < -0.3 is 14.8 Å². The summed E-state index contributed by atoms with van der Waals surface area (Å²) in [6.45, 7) is 5.04. The van der Waals surface area contributed by atoms with Crippen LogP contribution < -0.4 is 5.32 Å². The first-order valence-electron chi connectivity index (χ1n) is 7.54. The summed E-state index contributed by atoms with van der Waals surface area (Å²) in [6, 6.07) is 0. The van der Waals surface area contributed by atoms with Crippen LogP contribution in [0.15, 0.2) is 0 Å². The Morgan fingerprint density at radius 1 is 1.15 bits per heavy atom. The number of anilines is 1. The van der Waals surface area contributed by atoms with Crippen molar-refractivity contribution in [1.82, 2.24) is 9.97 Å². The van der Waals surface area contributed by atoms with Crippen molar-refractivity contribution in [3.8, 4) is 0 Å². The van der Waals surface area contributed by atoms with Gasteiger partial charge in [-0.3, -0.25) is 0 Å². The molecule has 112 valence electrons. The van der Waals surface area contributed by atoms with Crippen molar-refractivity contribution in [3.63, 3.8) is 0 Å². The topological polar surface area (TPSA) is 56.3 Å². The highest BCUT2D eigenvalue weighted by Gasteiger charge is 2.18. The van der Waals surface area contributed by atoms with Crippen LogP contribution in [0.4, 0.5) is 5.82 Å². The fraction of sp³-hybridized carbons (Fsp3) is 0.733. The molecule has 0 spiro atoms. The van der Waals surface area contributed by atoms with Gasteiger partial charge in [0.05, 0.1) is 19.8 Å². The number of nitrogens with one attached hydrogen (secondary N) is 1. The number of nitrogens with zero attached hydrogens (tertiary/aromatic N) is 2. The Labute approximate surface area is 121 Å². The van der Waals surface area contributed by atoms with Gasteiger partial charge in [-0.2, -0.15) is 0 Å². The first-order valence-corrected chi connectivity index (χ1v) is 7.54. The quantitative estimate of drug-likeness (QED) is 0.701. The minimum atomic E-state index is 0.627. The van der Waals surface area contributed by atoms with Crippen LogP contribution in [0.3, 0.4) is 0 Å². The number of rotatable bonds is 9. The molecular weight excluding hydrogens is 254 g/mol. The van der Waals surface area contributed by atoms with E-state index in [1.54, 1.807) is 7.11 Å². The van der Waals surface area contributed by atoms with E-state index in [1.165, 1.54) is 17.7 Å². The monoisotopic (exact) mass is 279 g/mol. The standard InChI is InChI=1S/C15H25N3O2/c1-3-8-16-15-12-5-4-6-13(12)17-14(18-15)7-9-20-11-10-19-2/h3-11H2,1-2H3,(H,16,17,18). The molecule has 0 bridgehead atoms. The van der Waals surface area contributed by atoms with Crippen LogP contribution >= 0.6 is 0 Å². The van der Waals surface area contributed by atoms with E-state index in [0.717, 1.165) is 43.9 Å². The number of fused-ring (bicyclic) bond motifs is 1. The zero-order valence-corrected chi connectivity index (χ0v) is 12.6. The molecule has 1 N–H and O–H groups in total. The van der Waals surface area contributed by atoms with Gasteiger partial charge in [0.15, 0.2) is 0 Å². The van der Waals surface area contributed by atoms with Gasteiger partial charge in [-0.05, 0) is 25.7 Å². The minimum absolute atomic E-state index is 0.627. The van der Waals surface area contributed by atoms with Crippen LogP contribution in [0.2, 0.25) is 0 Å². The fourth-order valence-corrected chi connectivity index (χ4v) is 2.39. The van der Waals surface area contributed by atoms with Gasteiger partial charge in [0.1, 0.15) is 11.6 Å². The predicted octanol–water partition coefficient (Wildman–Crippen LogP) is 1.99. The number of hydrogen-bond donors (Lipinski definition) is 1. The molecule has 0 unspecified atom stereocenters. The van der Waals surface area contributed by atoms with Crippen molar-refractivity contribution < 1.29 is 9.47 Å². The summed E-state index contributed by atoms with van der Waals surface area (Å²) in [7, 11) is 1.68. The molecule has 0 amide bonds. The van der Waals surface area contributed by atoms with Crippen molar-refractivity contribution in [2.45, 2.75) is 39.0 Å². The molecule has 1 aromatic heterocycles. The van der Waals surface area contributed by atoms with E-state index in [4.69, 9.17) is 9.47 Å². The van der Waals surface area contributed by atoms with Crippen molar-refractivity contribution in [2.24, 2.45) is 0 Å². The number of ether oxygens (including phenoxy) is 2. The van der Waals surface area contributed by atoms with Crippen LogP contribution in [-0.2, 0) is 28.7 Å². The molecule has 0 fully saturated rings. The minimum Gasteiger partial charge on any atom is -0.382 e. The largest absolute Gasteiger partial charge is 0.382 e. The molecule has 0 radical (unpaired) electrons. The van der Waals surface area contributed by atoms with E-state index in [0.29, 0.717) is 19.8 Å². The van der Waals surface area contributed by atoms with Gasteiger partial charge in [0.25, 0.3) is 0 Å². The number of aryl methyl sites for hydroxylation is 1. The van der Waals surface area contributed by atoms with E-state index < -0.39 is 0 Å². The van der Waals surface area contributed by atoms with Gasteiger partial charge in [0, 0.05) is 31.3 Å². The van der Waals surface area contributed by atoms with Crippen molar-refractivity contribution in [2.75, 3.05) is 38.8 Å². The average molecular weight is 279 g/mol. The molecule has 0 saturated heterocycles. The molecular formula is C15H25N3O2. The van der Waals surface area contributed by atoms with E-state index in [1.807, 2.05) is 0 Å². The summed E-state index contributed by atoms with van der Waals surface area (Å²) in [6.07, 6.45) is 5.24. The molecule has 2 rings (SSSR count). The molecule has 0 atom stereocenters. The number of aromatic nitrogens is 2. The summed E-state index contributed by atoms with van der Waals surface area (Å²) < 4.78 is 10.4. The second-order valence-electron chi connectivity index (χ2n) is 5.05. The summed E-state index contributed by atoms with van der Waals surface area (Å²) in [5, 5.41) is 3.43. The second kappa shape index (κ2) is 8.17. The van der Waals surface area contributed by atoms with E-state index in [2.05, 4.69) is 22.2 Å². The first kappa shape index (κ1) is 15.2. The molecule has 5 heteroatoms. The Morgan fingerprint density at radius 2 is 2.05 bits per heavy atom. The average Bonchev–Trinajstić information content (AvgIpc) is 2.93. The smallest absolute Gasteiger partial charge is 0.133 e. The van der Waals surface area contributed by atoms with E-state index >= 15 is 0 Å². The van der Waals surface area contributed by atoms with Gasteiger partial charge in [-0.15, -0.1) is 0 Å². The summed E-state index contributed by atoms with van der Waals surface area (Å²) in [4.78, 5) is 9.34. The molecule has 1 aromatic rings. The molecule has 0 aliphatic heterocycles. The maximum absolute atomic E-state index is 5.49. The molecule has 0 saturated carbocycles. The van der Waals surface area contributed by atoms with Gasteiger partial charge in [-0.1, -0.05) is 6.92 Å². The third-order valence-electron chi connectivity index (χ3n) is 3.42. The Kier molecular flexibility index (Phi) is 6.21. The Balaban J connectivity index is 1.95. The zero-order chi connectivity index (χ0) is 14.2. The highest BCUT2D eigenvalue weighted by atomic mass is 16.5. The van der Waals surface area contributed by atoms with E-state index in [-0.39, 0.29) is 0 Å². The predicted molar refractivity (Wildman–Crippen MR) is 79.2 cm³/mol. The molecule has 1 aliphatic carbocycles. The van der Waals surface area contributed by atoms with Gasteiger partial charge >= 0.3 is 0 Å². The lowest BCUT2D eigenvalue weighted by atomic mass is 10.2. The second-order valence-corrected chi connectivity index (χ2v) is 5.05. The lowest BCUT2D eigenvalue weighted by Crippen LogP contribution is -2.12. The van der Waals surface area contributed by atoms with Crippen molar-refractivity contribution in [3.05, 3.63) is 17.1 Å². The number of methoxy groups -OCH3 is 1. The lowest BCUT2D eigenvalue weighted by Gasteiger charge is -2.11. The van der Waals surface area contributed by atoms with Gasteiger partial charge in [0.2, 0.25) is 0 Å². The van der Waals surface area contributed by atoms with Crippen LogP contribution in [-0.4, -0.2) is 43.4 Å². The third-order valence-corrected chi connectivity index (χ3v) is 3.42. The van der Waals surface area contributed by atoms with E-state index in [9.17, 15) is 0 Å². The molecule has 1 aliphatic rings. The summed E-state index contributed by atoms with van der Waals surface area (Å²) >= 11 is 0. The van der Waals surface area contributed by atoms with Crippen LogP contribution in [0.5, 0.6) is 0 Å². The maximum atomic E-state index is 5.49. The third kappa shape index (κ3) is 4.15. The van der Waals surface area contributed by atoms with Crippen molar-refractivity contribution >= 4 is 5.82 Å². The highest BCUT2D eigenvalue weighted by Crippen LogP contribution is 2.26. The summed E-state index contributed by atoms with van der Waals surface area (Å²) in [5.41, 5.74) is 2.55. The first-order chi connectivity index (χ1) is 9.85. The Bertz CT molecular complexity index is 424. The normalized spacial score (nSPS) is 13.5. The lowest BCUT2D eigenvalue weighted by molar-refractivity contribution is 0.0716. The van der Waals surface area contributed by atoms with Crippen molar-refractivity contribution in [1.29, 1.82) is 0 Å². The summed E-state index contributed by atoms with van der Waals surface area (Å²) in [5.74, 6) is 1.93. The Morgan fingerprint density at radius 3 is 2.85 bits per heavy atom. The van der Waals surface area contributed by atoms with Crippen LogP contribution in [0.1, 0.15) is 36.8 Å². The van der Waals surface area contributed by atoms with Crippen LogP contribution in [0, 0.1) is 0 Å². The molecule has 5 nitrogen and oxygen atoms in total. The van der Waals surface area contributed by atoms with Gasteiger partial charge in [-0.25, -0.2) is 9.97 Å². The molecule has 20 heavy (non-hydrogen) atoms. The SMILES string of the molecule is CCCNc1nc(CCOCCOC)nc2c1CCC2. The fourth-order valence-electron chi connectivity index (χ4n) is 2.39. The Hall–Kier alpha value is -1.20. The molecule has 1 heterocycles. The van der Waals surface area contributed by atoms with Crippen LogP contribution in [0.25, 0.3) is 0 Å². The zero-order valence-electron chi connectivity index (χ0n) is 12.6.